The second-order valence-corrected chi connectivity index (χ2v) is 7.65. The molecule has 0 spiro atoms. The SMILES string of the molecule is CC.COc1ccc2c(CN(C)C(=O)c3ccccc3C=O)nn(-c3ccc(C(F)(F)F)cc3)c2c1. The van der Waals surface area contributed by atoms with E-state index in [0.29, 0.717) is 34.3 Å². The largest absolute Gasteiger partial charge is 0.497 e. The first kappa shape index (κ1) is 26.5. The van der Waals surface area contributed by atoms with Crippen molar-refractivity contribution in [1.29, 1.82) is 0 Å². The number of amides is 1. The molecule has 0 bridgehead atoms. The summed E-state index contributed by atoms with van der Waals surface area (Å²) in [6.45, 7) is 4.11. The second-order valence-electron chi connectivity index (χ2n) is 7.65. The molecule has 36 heavy (non-hydrogen) atoms. The number of hydrogen-bond donors (Lipinski definition) is 0. The van der Waals surface area contributed by atoms with E-state index in [1.54, 1.807) is 49.5 Å². The second kappa shape index (κ2) is 11.1. The molecule has 0 saturated heterocycles. The van der Waals surface area contributed by atoms with Crippen molar-refractivity contribution in [2.75, 3.05) is 14.2 Å². The standard InChI is InChI=1S/C25H20F3N3O3.C2H6/c1-30(24(33)20-6-4-3-5-16(20)15-32)14-22-21-12-11-19(34-2)13-23(21)31(29-22)18-9-7-17(8-10-18)25(26,27)28;1-2/h3-13,15H,14H2,1-2H3;1-2H3. The smallest absolute Gasteiger partial charge is 0.416 e. The lowest BCUT2D eigenvalue weighted by atomic mass is 10.1. The Morgan fingerprint density at radius 3 is 2.33 bits per heavy atom. The van der Waals surface area contributed by atoms with Crippen molar-refractivity contribution in [3.63, 3.8) is 0 Å². The van der Waals surface area contributed by atoms with Crippen LogP contribution in [0.5, 0.6) is 5.75 Å². The number of halogens is 3. The van der Waals surface area contributed by atoms with E-state index in [1.807, 2.05) is 13.8 Å². The summed E-state index contributed by atoms with van der Waals surface area (Å²) in [5, 5.41) is 5.31. The minimum atomic E-state index is -4.44. The molecule has 1 amide bonds. The average Bonchev–Trinajstić information content (AvgIpc) is 3.26. The lowest BCUT2D eigenvalue weighted by Gasteiger charge is -2.17. The highest BCUT2D eigenvalue weighted by molar-refractivity contribution is 6.01. The van der Waals surface area contributed by atoms with Gasteiger partial charge in [-0.3, -0.25) is 9.59 Å². The number of methoxy groups -OCH3 is 1. The van der Waals surface area contributed by atoms with Gasteiger partial charge in [0.05, 0.1) is 41.7 Å². The van der Waals surface area contributed by atoms with Crippen molar-refractivity contribution in [3.8, 4) is 11.4 Å². The van der Waals surface area contributed by atoms with E-state index >= 15 is 0 Å². The fourth-order valence-corrected chi connectivity index (χ4v) is 3.69. The van der Waals surface area contributed by atoms with Crippen LogP contribution in [-0.4, -0.2) is 41.0 Å². The molecular formula is C27H26F3N3O3. The number of carbonyl (C=O) groups is 2. The Morgan fingerprint density at radius 2 is 1.72 bits per heavy atom. The van der Waals surface area contributed by atoms with E-state index in [0.717, 1.165) is 12.1 Å². The van der Waals surface area contributed by atoms with E-state index in [9.17, 15) is 22.8 Å². The van der Waals surface area contributed by atoms with Gasteiger partial charge in [-0.25, -0.2) is 4.68 Å². The summed E-state index contributed by atoms with van der Waals surface area (Å²) < 4.78 is 45.8. The lowest BCUT2D eigenvalue weighted by Crippen LogP contribution is -2.27. The van der Waals surface area contributed by atoms with Crippen LogP contribution in [0.15, 0.2) is 66.7 Å². The van der Waals surface area contributed by atoms with Gasteiger partial charge < -0.3 is 9.64 Å². The molecule has 0 aliphatic heterocycles. The molecule has 0 aliphatic carbocycles. The fraction of sp³-hybridized carbons (Fsp3) is 0.222. The molecule has 1 heterocycles. The molecule has 9 heteroatoms. The summed E-state index contributed by atoms with van der Waals surface area (Å²) in [6.07, 6.45) is -3.82. The number of hydrogen-bond acceptors (Lipinski definition) is 4. The summed E-state index contributed by atoms with van der Waals surface area (Å²) in [6, 6.07) is 16.4. The Kier molecular flexibility index (Phi) is 8.14. The maximum Gasteiger partial charge on any atom is 0.416 e. The van der Waals surface area contributed by atoms with Crippen LogP contribution in [0.1, 0.15) is 45.8 Å². The first-order chi connectivity index (χ1) is 17.2. The third-order valence-corrected chi connectivity index (χ3v) is 5.46. The van der Waals surface area contributed by atoms with Gasteiger partial charge in [-0.2, -0.15) is 18.3 Å². The van der Waals surface area contributed by atoms with Crippen molar-refractivity contribution >= 4 is 23.1 Å². The predicted octanol–water partition coefficient (Wildman–Crippen LogP) is 6.16. The van der Waals surface area contributed by atoms with Gasteiger partial charge in [0.2, 0.25) is 0 Å². The molecule has 0 unspecified atom stereocenters. The lowest BCUT2D eigenvalue weighted by molar-refractivity contribution is -0.137. The minimum Gasteiger partial charge on any atom is -0.497 e. The number of aromatic nitrogens is 2. The van der Waals surface area contributed by atoms with Gasteiger partial charge in [0.15, 0.2) is 6.29 Å². The zero-order chi connectivity index (χ0) is 26.5. The average molecular weight is 498 g/mol. The highest BCUT2D eigenvalue weighted by Crippen LogP contribution is 2.31. The summed E-state index contributed by atoms with van der Waals surface area (Å²) in [7, 11) is 3.11. The van der Waals surface area contributed by atoms with Gasteiger partial charge in [-0.05, 0) is 42.5 Å². The monoisotopic (exact) mass is 497 g/mol. The van der Waals surface area contributed by atoms with Crippen LogP contribution in [0, 0.1) is 0 Å². The van der Waals surface area contributed by atoms with Crippen molar-refractivity contribution in [2.45, 2.75) is 26.6 Å². The zero-order valence-corrected chi connectivity index (χ0v) is 20.3. The van der Waals surface area contributed by atoms with E-state index in [-0.39, 0.29) is 23.6 Å². The first-order valence-electron chi connectivity index (χ1n) is 11.3. The molecule has 6 nitrogen and oxygen atoms in total. The van der Waals surface area contributed by atoms with Crippen molar-refractivity contribution in [1.82, 2.24) is 14.7 Å². The van der Waals surface area contributed by atoms with Gasteiger partial charge in [0, 0.05) is 24.1 Å². The first-order valence-corrected chi connectivity index (χ1v) is 11.3. The van der Waals surface area contributed by atoms with Crippen molar-refractivity contribution < 1.29 is 27.5 Å². The molecule has 0 aliphatic rings. The number of rotatable bonds is 6. The molecule has 0 radical (unpaired) electrons. The molecule has 3 aromatic carbocycles. The number of nitrogens with zero attached hydrogens (tertiary/aromatic N) is 3. The zero-order valence-electron chi connectivity index (χ0n) is 20.3. The Balaban J connectivity index is 0.00000176. The van der Waals surface area contributed by atoms with Gasteiger partial charge >= 0.3 is 6.18 Å². The molecule has 4 rings (SSSR count). The molecule has 188 valence electrons. The number of ether oxygens (including phenoxy) is 1. The molecule has 0 fully saturated rings. The number of fused-ring (bicyclic) bond motifs is 1. The Bertz CT molecular complexity index is 1360. The van der Waals surface area contributed by atoms with Crippen LogP contribution >= 0.6 is 0 Å². The van der Waals surface area contributed by atoms with Crippen LogP contribution in [0.25, 0.3) is 16.6 Å². The Morgan fingerprint density at radius 1 is 1.06 bits per heavy atom. The molecule has 0 atom stereocenters. The van der Waals surface area contributed by atoms with E-state index in [4.69, 9.17) is 4.74 Å². The minimum absolute atomic E-state index is 0.114. The molecule has 4 aromatic rings. The molecular weight excluding hydrogens is 471 g/mol. The maximum absolute atomic E-state index is 13.0. The van der Waals surface area contributed by atoms with Crippen LogP contribution in [0.2, 0.25) is 0 Å². The van der Waals surface area contributed by atoms with Crippen LogP contribution in [0.3, 0.4) is 0 Å². The van der Waals surface area contributed by atoms with Crippen LogP contribution in [0.4, 0.5) is 13.2 Å². The highest BCUT2D eigenvalue weighted by atomic mass is 19.4. The summed E-state index contributed by atoms with van der Waals surface area (Å²) in [4.78, 5) is 25.7. The topological polar surface area (TPSA) is 64.4 Å². The van der Waals surface area contributed by atoms with Crippen LogP contribution in [-0.2, 0) is 12.7 Å². The fourth-order valence-electron chi connectivity index (χ4n) is 3.69. The third-order valence-electron chi connectivity index (χ3n) is 5.46. The number of carbonyl (C=O) groups excluding carboxylic acids is 2. The maximum atomic E-state index is 13.0. The molecule has 0 saturated carbocycles. The molecule has 1 aromatic heterocycles. The van der Waals surface area contributed by atoms with Crippen molar-refractivity contribution in [2.24, 2.45) is 0 Å². The number of aldehydes is 1. The summed E-state index contributed by atoms with van der Waals surface area (Å²) in [5.74, 6) is 0.199. The summed E-state index contributed by atoms with van der Waals surface area (Å²) in [5.41, 5.74) is 1.38. The van der Waals surface area contributed by atoms with E-state index < -0.39 is 11.7 Å². The van der Waals surface area contributed by atoms with E-state index in [2.05, 4.69) is 5.10 Å². The van der Waals surface area contributed by atoms with Crippen molar-refractivity contribution in [3.05, 3.63) is 89.1 Å². The van der Waals surface area contributed by atoms with Gasteiger partial charge in [0.1, 0.15) is 5.75 Å². The Hall–Kier alpha value is -4.14. The quantitative estimate of drug-likeness (QED) is 0.299. The molecule has 0 N–H and O–H groups in total. The van der Waals surface area contributed by atoms with Crippen LogP contribution < -0.4 is 4.74 Å². The predicted molar refractivity (Wildman–Crippen MR) is 132 cm³/mol. The highest BCUT2D eigenvalue weighted by Gasteiger charge is 2.30. The van der Waals surface area contributed by atoms with Gasteiger partial charge in [-0.1, -0.05) is 32.0 Å². The van der Waals surface area contributed by atoms with Gasteiger partial charge in [-0.15, -0.1) is 0 Å². The normalized spacial score (nSPS) is 11.0. The Labute approximate surface area is 206 Å². The number of alkyl halides is 3. The number of benzene rings is 3. The third kappa shape index (κ3) is 5.40. The summed E-state index contributed by atoms with van der Waals surface area (Å²) >= 11 is 0. The van der Waals surface area contributed by atoms with E-state index in [1.165, 1.54) is 28.8 Å². The van der Waals surface area contributed by atoms with Gasteiger partial charge in [0.25, 0.3) is 5.91 Å².